The molecule has 0 bridgehead atoms. The first-order chi connectivity index (χ1) is 8.78. The number of rotatable bonds is 4. The number of methoxy groups -OCH3 is 1. The Hall–Kier alpha value is -1.62. The molecule has 2 rings (SSSR count). The minimum Gasteiger partial charge on any atom is -0.481 e. The maximum atomic E-state index is 11.8. The van der Waals surface area contributed by atoms with Crippen molar-refractivity contribution < 1.29 is 14.3 Å². The Labute approximate surface area is 107 Å². The Balaban J connectivity index is 1.82. The molecule has 2 heterocycles. The molecule has 1 saturated heterocycles. The van der Waals surface area contributed by atoms with Gasteiger partial charge in [-0.15, -0.1) is 0 Å². The quantitative estimate of drug-likeness (QED) is 0.887. The van der Waals surface area contributed by atoms with E-state index in [1.807, 2.05) is 0 Å². The van der Waals surface area contributed by atoms with E-state index in [4.69, 9.17) is 9.47 Å². The summed E-state index contributed by atoms with van der Waals surface area (Å²) in [6.07, 6.45) is 5.26. The van der Waals surface area contributed by atoms with Gasteiger partial charge in [0.05, 0.1) is 31.5 Å². The lowest BCUT2D eigenvalue weighted by Crippen LogP contribution is -2.25. The molecule has 1 unspecified atom stereocenters. The van der Waals surface area contributed by atoms with Gasteiger partial charge < -0.3 is 14.8 Å². The highest BCUT2D eigenvalue weighted by Crippen LogP contribution is 2.17. The number of hydrogen-bond acceptors (Lipinski definition) is 4. The van der Waals surface area contributed by atoms with E-state index in [2.05, 4.69) is 10.3 Å². The molecule has 0 radical (unpaired) electrons. The number of pyridine rings is 1. The molecule has 1 N–H and O–H groups in total. The zero-order valence-electron chi connectivity index (χ0n) is 10.5. The molecule has 18 heavy (non-hydrogen) atoms. The fraction of sp³-hybridized carbons (Fsp3) is 0.538. The van der Waals surface area contributed by atoms with Crippen molar-refractivity contribution in [3.63, 3.8) is 0 Å². The van der Waals surface area contributed by atoms with Crippen LogP contribution < -0.4 is 10.1 Å². The Morgan fingerprint density at radius 1 is 1.56 bits per heavy atom. The van der Waals surface area contributed by atoms with Crippen molar-refractivity contribution >= 4 is 11.6 Å². The van der Waals surface area contributed by atoms with Gasteiger partial charge in [0, 0.05) is 12.7 Å². The molecule has 5 heteroatoms. The summed E-state index contributed by atoms with van der Waals surface area (Å²) in [7, 11) is 1.56. The lowest BCUT2D eigenvalue weighted by atomic mass is 10.1. The summed E-state index contributed by atoms with van der Waals surface area (Å²) < 4.78 is 10.5. The average Bonchev–Trinajstić information content (AvgIpc) is 2.40. The van der Waals surface area contributed by atoms with Gasteiger partial charge in [0.1, 0.15) is 0 Å². The highest BCUT2D eigenvalue weighted by atomic mass is 16.5. The van der Waals surface area contributed by atoms with Gasteiger partial charge in [-0.3, -0.25) is 4.79 Å². The first-order valence-electron chi connectivity index (χ1n) is 6.19. The second-order valence-corrected chi connectivity index (χ2v) is 4.33. The Morgan fingerprint density at radius 2 is 2.44 bits per heavy atom. The number of nitrogens with one attached hydrogen (secondary N) is 1. The van der Waals surface area contributed by atoms with Crippen molar-refractivity contribution in [3.8, 4) is 5.88 Å². The van der Waals surface area contributed by atoms with Gasteiger partial charge in [-0.2, -0.15) is 0 Å². The van der Waals surface area contributed by atoms with E-state index in [0.717, 1.165) is 25.9 Å². The van der Waals surface area contributed by atoms with E-state index in [1.54, 1.807) is 25.4 Å². The predicted octanol–water partition coefficient (Wildman–Crippen LogP) is 1.99. The molecule has 1 aromatic heterocycles. The van der Waals surface area contributed by atoms with Crippen molar-refractivity contribution in [1.82, 2.24) is 4.98 Å². The van der Waals surface area contributed by atoms with Crippen LogP contribution in [0.25, 0.3) is 0 Å². The number of ether oxygens (including phenoxy) is 2. The van der Waals surface area contributed by atoms with Gasteiger partial charge in [0.2, 0.25) is 11.8 Å². The van der Waals surface area contributed by atoms with Gasteiger partial charge in [-0.25, -0.2) is 4.98 Å². The third kappa shape index (κ3) is 3.70. The molecule has 1 aliphatic heterocycles. The molecule has 5 nitrogen and oxygen atoms in total. The number of anilines is 1. The maximum Gasteiger partial charge on any atom is 0.227 e. The summed E-state index contributed by atoms with van der Waals surface area (Å²) in [5.41, 5.74) is 0.677. The molecule has 1 fully saturated rings. The molecule has 98 valence electrons. The van der Waals surface area contributed by atoms with Gasteiger partial charge in [0.15, 0.2) is 0 Å². The Kier molecular flexibility index (Phi) is 4.52. The van der Waals surface area contributed by atoms with E-state index in [-0.39, 0.29) is 12.0 Å². The normalized spacial score (nSPS) is 19.3. The van der Waals surface area contributed by atoms with Crippen molar-refractivity contribution in [3.05, 3.63) is 18.3 Å². The predicted molar refractivity (Wildman–Crippen MR) is 67.6 cm³/mol. The van der Waals surface area contributed by atoms with Crippen LogP contribution in [-0.4, -0.2) is 30.7 Å². The second-order valence-electron chi connectivity index (χ2n) is 4.33. The van der Waals surface area contributed by atoms with E-state index in [1.165, 1.54) is 0 Å². The third-order valence-electron chi connectivity index (χ3n) is 2.92. The summed E-state index contributed by atoms with van der Waals surface area (Å²) in [6, 6.07) is 3.48. The lowest BCUT2D eigenvalue weighted by Gasteiger charge is -2.21. The topological polar surface area (TPSA) is 60.5 Å². The first-order valence-corrected chi connectivity index (χ1v) is 6.19. The van der Waals surface area contributed by atoms with E-state index in [9.17, 15) is 4.79 Å². The second kappa shape index (κ2) is 6.35. The van der Waals surface area contributed by atoms with Crippen LogP contribution in [0.4, 0.5) is 5.69 Å². The first kappa shape index (κ1) is 12.8. The van der Waals surface area contributed by atoms with Crippen LogP contribution in [0.3, 0.4) is 0 Å². The number of carbonyl (C=O) groups is 1. The molecular weight excluding hydrogens is 232 g/mol. The standard InChI is InChI=1S/C13H18N2O3/c1-17-13-6-5-10(9-14-13)15-12(16)8-11-4-2-3-7-18-11/h5-6,9,11H,2-4,7-8H2,1H3,(H,15,16). The van der Waals surface area contributed by atoms with Gasteiger partial charge in [-0.05, 0) is 25.3 Å². The summed E-state index contributed by atoms with van der Waals surface area (Å²) in [5.74, 6) is 0.498. The maximum absolute atomic E-state index is 11.8. The van der Waals surface area contributed by atoms with Crippen molar-refractivity contribution in [2.45, 2.75) is 31.8 Å². The summed E-state index contributed by atoms with van der Waals surface area (Å²) in [5, 5.41) is 2.80. The monoisotopic (exact) mass is 250 g/mol. The number of aromatic nitrogens is 1. The van der Waals surface area contributed by atoms with Crippen LogP contribution in [0.1, 0.15) is 25.7 Å². The minimum atomic E-state index is -0.0335. The van der Waals surface area contributed by atoms with Crippen LogP contribution in [0, 0.1) is 0 Å². The van der Waals surface area contributed by atoms with Gasteiger partial charge in [-0.1, -0.05) is 0 Å². The van der Waals surface area contributed by atoms with Crippen LogP contribution in [0.2, 0.25) is 0 Å². The molecule has 1 aliphatic rings. The van der Waals surface area contributed by atoms with Crippen LogP contribution in [0.15, 0.2) is 18.3 Å². The SMILES string of the molecule is COc1ccc(NC(=O)CC2CCCCO2)cn1. The van der Waals surface area contributed by atoms with Crippen molar-refractivity contribution in [2.24, 2.45) is 0 Å². The molecule has 0 saturated carbocycles. The smallest absolute Gasteiger partial charge is 0.227 e. The molecule has 0 aromatic carbocycles. The van der Waals surface area contributed by atoms with Crippen LogP contribution in [0.5, 0.6) is 5.88 Å². The molecule has 1 aromatic rings. The van der Waals surface area contributed by atoms with E-state index >= 15 is 0 Å². The number of amides is 1. The zero-order chi connectivity index (χ0) is 12.8. The fourth-order valence-electron chi connectivity index (χ4n) is 1.96. The van der Waals surface area contributed by atoms with Crippen LogP contribution >= 0.6 is 0 Å². The number of nitrogens with zero attached hydrogens (tertiary/aromatic N) is 1. The largest absolute Gasteiger partial charge is 0.481 e. The highest BCUT2D eigenvalue weighted by molar-refractivity contribution is 5.90. The number of hydrogen-bond donors (Lipinski definition) is 1. The Morgan fingerprint density at radius 3 is 3.06 bits per heavy atom. The van der Waals surface area contributed by atoms with Crippen molar-refractivity contribution in [1.29, 1.82) is 0 Å². The highest BCUT2D eigenvalue weighted by Gasteiger charge is 2.17. The lowest BCUT2D eigenvalue weighted by molar-refractivity contribution is -0.119. The molecule has 0 spiro atoms. The zero-order valence-corrected chi connectivity index (χ0v) is 10.5. The van der Waals surface area contributed by atoms with E-state index in [0.29, 0.717) is 18.0 Å². The molecular formula is C13H18N2O3. The molecule has 0 aliphatic carbocycles. The van der Waals surface area contributed by atoms with E-state index < -0.39 is 0 Å². The Bertz CT molecular complexity index is 386. The van der Waals surface area contributed by atoms with Gasteiger partial charge in [0.25, 0.3) is 0 Å². The number of carbonyl (C=O) groups excluding carboxylic acids is 1. The van der Waals surface area contributed by atoms with Crippen LogP contribution in [-0.2, 0) is 9.53 Å². The van der Waals surface area contributed by atoms with Crippen molar-refractivity contribution in [2.75, 3.05) is 19.0 Å². The summed E-state index contributed by atoms with van der Waals surface area (Å²) in [6.45, 7) is 0.766. The third-order valence-corrected chi connectivity index (χ3v) is 2.92. The molecule has 1 amide bonds. The molecule has 1 atom stereocenters. The summed E-state index contributed by atoms with van der Waals surface area (Å²) in [4.78, 5) is 15.8. The average molecular weight is 250 g/mol. The van der Waals surface area contributed by atoms with Gasteiger partial charge >= 0.3 is 0 Å². The minimum absolute atomic E-state index is 0.0335. The summed E-state index contributed by atoms with van der Waals surface area (Å²) >= 11 is 0. The fourth-order valence-corrected chi connectivity index (χ4v) is 1.96.